The molecule has 162 valence electrons. The second-order valence-electron chi connectivity index (χ2n) is 7.43. The number of carbonyl (C=O) groups is 3. The summed E-state index contributed by atoms with van der Waals surface area (Å²) in [4.78, 5) is 44.6. The highest BCUT2D eigenvalue weighted by Gasteiger charge is 2.27. The summed E-state index contributed by atoms with van der Waals surface area (Å²) in [5, 5.41) is 4.44. The molecule has 3 aromatic rings. The molecule has 8 nitrogen and oxygen atoms in total. The van der Waals surface area contributed by atoms with Crippen LogP contribution in [-0.2, 0) is 4.74 Å². The SMILES string of the molecule is CC(=O)c1c(C)[nH]c(C(=O)C(C)OC(=O)c2nc(-n3nc(C)cc3C)ccc2Cl)c1C. The zero-order chi connectivity index (χ0) is 23.0. The van der Waals surface area contributed by atoms with Crippen molar-refractivity contribution < 1.29 is 19.1 Å². The minimum absolute atomic E-state index is 0.0979. The summed E-state index contributed by atoms with van der Waals surface area (Å²) in [7, 11) is 0. The molecule has 0 radical (unpaired) electrons. The van der Waals surface area contributed by atoms with Gasteiger partial charge in [-0.25, -0.2) is 14.5 Å². The summed E-state index contributed by atoms with van der Waals surface area (Å²) in [5.74, 6) is -1.02. The Kier molecular flexibility index (Phi) is 6.13. The van der Waals surface area contributed by atoms with Crippen LogP contribution in [0.4, 0.5) is 0 Å². The van der Waals surface area contributed by atoms with Gasteiger partial charge < -0.3 is 9.72 Å². The molecule has 3 aromatic heterocycles. The van der Waals surface area contributed by atoms with Crippen LogP contribution in [0.3, 0.4) is 0 Å². The van der Waals surface area contributed by atoms with Crippen LogP contribution in [0.25, 0.3) is 5.82 Å². The van der Waals surface area contributed by atoms with Gasteiger partial charge in [0.25, 0.3) is 0 Å². The van der Waals surface area contributed by atoms with Crippen molar-refractivity contribution in [2.45, 2.75) is 47.6 Å². The number of H-pyrrole nitrogens is 1. The summed E-state index contributed by atoms with van der Waals surface area (Å²) in [6.45, 7) is 10.0. The van der Waals surface area contributed by atoms with Gasteiger partial charge in [-0.2, -0.15) is 5.10 Å². The lowest BCUT2D eigenvalue weighted by Crippen LogP contribution is -2.26. The Balaban J connectivity index is 1.85. The molecule has 0 amide bonds. The number of Topliss-reactive ketones (excluding diaryl/α,β-unsaturated/α-hetero) is 2. The van der Waals surface area contributed by atoms with Crippen LogP contribution in [0.2, 0.25) is 5.02 Å². The number of carbonyl (C=O) groups excluding carboxylic acids is 3. The number of aromatic amines is 1. The number of hydrogen-bond acceptors (Lipinski definition) is 6. The van der Waals surface area contributed by atoms with Gasteiger partial charge in [0.15, 0.2) is 23.4 Å². The topological polar surface area (TPSA) is 107 Å². The molecule has 0 fully saturated rings. The fourth-order valence-electron chi connectivity index (χ4n) is 3.55. The number of rotatable bonds is 6. The van der Waals surface area contributed by atoms with Crippen LogP contribution >= 0.6 is 11.6 Å². The summed E-state index contributed by atoms with van der Waals surface area (Å²) in [6, 6.07) is 5.05. The molecule has 3 rings (SSSR count). The third kappa shape index (κ3) is 4.29. The minimum atomic E-state index is -1.11. The Morgan fingerprint density at radius 2 is 1.84 bits per heavy atom. The van der Waals surface area contributed by atoms with Crippen molar-refractivity contribution in [3.63, 3.8) is 0 Å². The molecular formula is C22H23ClN4O4. The van der Waals surface area contributed by atoms with Crippen LogP contribution in [-0.4, -0.2) is 43.4 Å². The molecule has 0 aliphatic carbocycles. The van der Waals surface area contributed by atoms with Gasteiger partial charge in [-0.3, -0.25) is 9.59 Å². The van der Waals surface area contributed by atoms with Crippen LogP contribution in [0, 0.1) is 27.7 Å². The van der Waals surface area contributed by atoms with E-state index in [-0.39, 0.29) is 22.2 Å². The molecule has 0 bridgehead atoms. The molecule has 0 saturated carbocycles. The van der Waals surface area contributed by atoms with Crippen molar-refractivity contribution in [3.05, 3.63) is 62.8 Å². The van der Waals surface area contributed by atoms with Crippen molar-refractivity contribution in [2.24, 2.45) is 0 Å². The molecule has 1 atom stereocenters. The molecule has 0 aliphatic heterocycles. The number of nitrogens with zero attached hydrogens (tertiary/aromatic N) is 3. The van der Waals surface area contributed by atoms with Gasteiger partial charge in [-0.15, -0.1) is 0 Å². The molecule has 0 spiro atoms. The second kappa shape index (κ2) is 8.47. The number of aromatic nitrogens is 4. The summed E-state index contributed by atoms with van der Waals surface area (Å²) < 4.78 is 6.94. The molecule has 0 saturated heterocycles. The third-order valence-electron chi connectivity index (χ3n) is 4.94. The van der Waals surface area contributed by atoms with Crippen LogP contribution < -0.4 is 0 Å². The van der Waals surface area contributed by atoms with Crippen molar-refractivity contribution in [1.82, 2.24) is 19.7 Å². The van der Waals surface area contributed by atoms with Crippen molar-refractivity contribution >= 4 is 29.1 Å². The molecule has 0 aliphatic rings. The molecular weight excluding hydrogens is 420 g/mol. The molecule has 31 heavy (non-hydrogen) atoms. The van der Waals surface area contributed by atoms with Gasteiger partial charge in [-0.05, 0) is 65.3 Å². The first kappa shape index (κ1) is 22.4. The molecule has 0 aromatic carbocycles. The number of ketones is 2. The van der Waals surface area contributed by atoms with E-state index in [4.69, 9.17) is 16.3 Å². The number of pyridine rings is 1. The highest BCUT2D eigenvalue weighted by Crippen LogP contribution is 2.22. The first-order chi connectivity index (χ1) is 14.5. The third-order valence-corrected chi connectivity index (χ3v) is 5.25. The number of esters is 1. The number of halogens is 1. The Morgan fingerprint density at radius 1 is 1.16 bits per heavy atom. The highest BCUT2D eigenvalue weighted by molar-refractivity contribution is 6.33. The van der Waals surface area contributed by atoms with E-state index in [1.54, 1.807) is 24.6 Å². The van der Waals surface area contributed by atoms with Gasteiger partial charge in [0.05, 0.1) is 16.4 Å². The number of hydrogen-bond donors (Lipinski definition) is 1. The van der Waals surface area contributed by atoms with E-state index in [1.807, 2.05) is 19.9 Å². The molecule has 1 unspecified atom stereocenters. The first-order valence-electron chi connectivity index (χ1n) is 9.66. The van der Waals surface area contributed by atoms with Crippen molar-refractivity contribution in [3.8, 4) is 5.82 Å². The maximum absolute atomic E-state index is 12.9. The summed E-state index contributed by atoms with van der Waals surface area (Å²) in [5.41, 5.74) is 3.35. The predicted molar refractivity (Wildman–Crippen MR) is 115 cm³/mol. The van der Waals surface area contributed by atoms with E-state index in [0.29, 0.717) is 22.6 Å². The fraction of sp³-hybridized carbons (Fsp3) is 0.318. The number of aryl methyl sites for hydroxylation is 3. The van der Waals surface area contributed by atoms with E-state index in [9.17, 15) is 14.4 Å². The van der Waals surface area contributed by atoms with E-state index in [0.717, 1.165) is 11.4 Å². The number of nitrogens with one attached hydrogen (secondary N) is 1. The zero-order valence-electron chi connectivity index (χ0n) is 18.2. The monoisotopic (exact) mass is 442 g/mol. The van der Waals surface area contributed by atoms with Crippen LogP contribution in [0.5, 0.6) is 0 Å². The van der Waals surface area contributed by atoms with Crippen molar-refractivity contribution in [1.29, 1.82) is 0 Å². The highest BCUT2D eigenvalue weighted by atomic mass is 35.5. The largest absolute Gasteiger partial charge is 0.449 e. The fourth-order valence-corrected chi connectivity index (χ4v) is 3.73. The maximum Gasteiger partial charge on any atom is 0.359 e. The lowest BCUT2D eigenvalue weighted by Gasteiger charge is -2.13. The Hall–Kier alpha value is -3.26. The molecule has 3 heterocycles. The smallest absolute Gasteiger partial charge is 0.359 e. The summed E-state index contributed by atoms with van der Waals surface area (Å²) in [6.07, 6.45) is -1.11. The normalized spacial score (nSPS) is 12.0. The minimum Gasteiger partial charge on any atom is -0.449 e. The quantitative estimate of drug-likeness (QED) is 0.454. The average molecular weight is 443 g/mol. The molecule has 9 heteroatoms. The van der Waals surface area contributed by atoms with E-state index in [1.165, 1.54) is 19.9 Å². The van der Waals surface area contributed by atoms with Crippen LogP contribution in [0.1, 0.15) is 67.8 Å². The lowest BCUT2D eigenvalue weighted by molar-refractivity contribution is 0.0311. The van der Waals surface area contributed by atoms with Gasteiger partial charge in [0, 0.05) is 17.0 Å². The Morgan fingerprint density at radius 3 is 2.39 bits per heavy atom. The van der Waals surface area contributed by atoms with Gasteiger partial charge >= 0.3 is 5.97 Å². The number of ether oxygens (including phenoxy) is 1. The van der Waals surface area contributed by atoms with Gasteiger partial charge in [0.1, 0.15) is 0 Å². The zero-order valence-corrected chi connectivity index (χ0v) is 18.9. The first-order valence-corrected chi connectivity index (χ1v) is 10.0. The van der Waals surface area contributed by atoms with Crippen LogP contribution in [0.15, 0.2) is 18.2 Å². The standard InChI is InChI=1S/C22H23ClN4O4/c1-10-9-11(2)27(26-10)17-8-7-16(23)20(25-17)22(30)31-15(6)21(29)19-12(3)18(14(5)28)13(4)24-19/h7-9,15,24H,1-6H3. The van der Waals surface area contributed by atoms with Crippen molar-refractivity contribution in [2.75, 3.05) is 0 Å². The lowest BCUT2D eigenvalue weighted by atomic mass is 10.0. The predicted octanol–water partition coefficient (Wildman–Crippen LogP) is 4.11. The van der Waals surface area contributed by atoms with E-state index >= 15 is 0 Å². The van der Waals surface area contributed by atoms with Gasteiger partial charge in [-0.1, -0.05) is 11.6 Å². The Labute approximate surface area is 184 Å². The van der Waals surface area contributed by atoms with Gasteiger partial charge in [0.2, 0.25) is 5.78 Å². The van der Waals surface area contributed by atoms with E-state index in [2.05, 4.69) is 15.1 Å². The summed E-state index contributed by atoms with van der Waals surface area (Å²) >= 11 is 6.17. The second-order valence-corrected chi connectivity index (χ2v) is 7.84. The Bertz CT molecular complexity index is 1210. The molecule has 1 N–H and O–H groups in total. The van der Waals surface area contributed by atoms with E-state index < -0.39 is 17.9 Å². The maximum atomic E-state index is 12.9. The average Bonchev–Trinajstić information content (AvgIpc) is 3.18.